The Labute approximate surface area is 170 Å². The summed E-state index contributed by atoms with van der Waals surface area (Å²) in [6.07, 6.45) is 9.76. The lowest BCUT2D eigenvalue weighted by molar-refractivity contribution is 0.413. The number of halogens is 1. The van der Waals surface area contributed by atoms with E-state index < -0.39 is 5.54 Å². The summed E-state index contributed by atoms with van der Waals surface area (Å²) >= 11 is 6.47. The van der Waals surface area contributed by atoms with Crippen molar-refractivity contribution in [3.8, 4) is 0 Å². The molecule has 0 saturated carbocycles. The SMILES string of the molecule is C/C=C1\[C@H]2C=C(C)C[C@]1(/N=C/C=C(\Cl)c1ccccc1)c1ccc(=O)[nH]c1C2. The second-order valence-corrected chi connectivity index (χ2v) is 7.89. The van der Waals surface area contributed by atoms with Gasteiger partial charge in [0.15, 0.2) is 0 Å². The van der Waals surface area contributed by atoms with Gasteiger partial charge in [-0.1, -0.05) is 59.7 Å². The van der Waals surface area contributed by atoms with Gasteiger partial charge in [-0.15, -0.1) is 0 Å². The minimum atomic E-state index is -0.486. The standard InChI is InChI=1S/C24H23ClN2O/c1-3-19-18-13-16(2)15-24(19,20-9-10-23(28)27-22(20)14-18)26-12-11-21(25)17-7-5-4-6-8-17/h3-13,18H,14-15H2,1-2H3,(H,27,28)/b19-3+,21-11-,26-12+/t18-,24+/m0/s1. The van der Waals surface area contributed by atoms with Gasteiger partial charge < -0.3 is 4.98 Å². The first-order valence-corrected chi connectivity index (χ1v) is 9.94. The molecule has 0 amide bonds. The maximum absolute atomic E-state index is 11.9. The zero-order chi connectivity index (χ0) is 19.7. The number of fused-ring (bicyclic) bond motifs is 4. The molecule has 2 aliphatic carbocycles. The van der Waals surface area contributed by atoms with E-state index in [1.807, 2.05) is 48.7 Å². The Balaban J connectivity index is 1.82. The highest BCUT2D eigenvalue weighted by molar-refractivity contribution is 6.49. The summed E-state index contributed by atoms with van der Waals surface area (Å²) in [6.45, 7) is 4.23. The molecule has 1 aromatic heterocycles. The summed E-state index contributed by atoms with van der Waals surface area (Å²) in [5, 5.41) is 0.653. The maximum Gasteiger partial charge on any atom is 0.248 e. The molecule has 1 heterocycles. The minimum absolute atomic E-state index is 0.0624. The van der Waals surface area contributed by atoms with Crippen molar-refractivity contribution >= 4 is 22.8 Å². The van der Waals surface area contributed by atoms with E-state index in [1.54, 1.807) is 6.07 Å². The van der Waals surface area contributed by atoms with Crippen LogP contribution in [0.15, 0.2) is 81.6 Å². The zero-order valence-electron chi connectivity index (χ0n) is 16.1. The summed E-state index contributed by atoms with van der Waals surface area (Å²) in [6, 6.07) is 13.4. The van der Waals surface area contributed by atoms with Crippen molar-refractivity contribution in [2.75, 3.05) is 0 Å². The Hall–Kier alpha value is -2.65. The molecule has 2 bridgehead atoms. The molecule has 1 N–H and O–H groups in total. The normalized spacial score (nSPS) is 25.7. The van der Waals surface area contributed by atoms with Crippen molar-refractivity contribution in [2.45, 2.75) is 32.2 Å². The molecule has 142 valence electrons. The molecular weight excluding hydrogens is 368 g/mol. The summed E-state index contributed by atoms with van der Waals surface area (Å²) in [4.78, 5) is 20.0. The molecule has 2 aliphatic rings. The first kappa shape index (κ1) is 18.7. The zero-order valence-corrected chi connectivity index (χ0v) is 16.8. The molecule has 0 fully saturated rings. The van der Waals surface area contributed by atoms with Gasteiger partial charge in [-0.2, -0.15) is 0 Å². The van der Waals surface area contributed by atoms with Gasteiger partial charge in [0.25, 0.3) is 0 Å². The van der Waals surface area contributed by atoms with Crippen LogP contribution in [0.1, 0.15) is 37.1 Å². The highest BCUT2D eigenvalue weighted by Gasteiger charge is 2.46. The van der Waals surface area contributed by atoms with Crippen LogP contribution in [0.2, 0.25) is 0 Å². The molecule has 4 heteroatoms. The molecule has 0 unspecified atom stereocenters. The number of allylic oxidation sites excluding steroid dienone is 3. The average molecular weight is 391 g/mol. The number of H-pyrrole nitrogens is 1. The molecule has 2 aromatic rings. The number of pyridine rings is 1. The number of benzene rings is 1. The largest absolute Gasteiger partial charge is 0.326 e. The molecule has 0 spiro atoms. The first-order chi connectivity index (χ1) is 13.5. The van der Waals surface area contributed by atoms with E-state index in [2.05, 4.69) is 31.0 Å². The molecule has 1 aromatic carbocycles. The van der Waals surface area contributed by atoms with Crippen molar-refractivity contribution in [3.05, 3.63) is 99.0 Å². The van der Waals surface area contributed by atoms with Crippen molar-refractivity contribution in [2.24, 2.45) is 10.9 Å². The molecule has 3 nitrogen and oxygen atoms in total. The molecular formula is C24H23ClN2O. The smallest absolute Gasteiger partial charge is 0.248 e. The Morgan fingerprint density at radius 2 is 2.04 bits per heavy atom. The third kappa shape index (κ3) is 3.20. The lowest BCUT2D eigenvalue weighted by Crippen LogP contribution is -2.40. The van der Waals surface area contributed by atoms with E-state index in [1.165, 1.54) is 11.1 Å². The van der Waals surface area contributed by atoms with Gasteiger partial charge in [0.05, 0.1) is 0 Å². The number of aromatic nitrogens is 1. The molecule has 0 saturated heterocycles. The van der Waals surface area contributed by atoms with Gasteiger partial charge in [-0.05, 0) is 43.5 Å². The minimum Gasteiger partial charge on any atom is -0.326 e. The second-order valence-electron chi connectivity index (χ2n) is 7.48. The Morgan fingerprint density at radius 1 is 1.25 bits per heavy atom. The monoisotopic (exact) mass is 390 g/mol. The number of aliphatic imine (C=N–C) groups is 1. The van der Waals surface area contributed by atoms with E-state index in [-0.39, 0.29) is 11.5 Å². The van der Waals surface area contributed by atoms with Crippen LogP contribution in [0.4, 0.5) is 0 Å². The number of hydrogen-bond acceptors (Lipinski definition) is 2. The van der Waals surface area contributed by atoms with Crippen LogP contribution < -0.4 is 5.56 Å². The van der Waals surface area contributed by atoms with E-state index >= 15 is 0 Å². The summed E-state index contributed by atoms with van der Waals surface area (Å²) in [7, 11) is 0. The molecule has 4 rings (SSSR count). The van der Waals surface area contributed by atoms with Crippen molar-refractivity contribution < 1.29 is 0 Å². The van der Waals surface area contributed by atoms with E-state index in [9.17, 15) is 4.79 Å². The van der Waals surface area contributed by atoms with E-state index in [0.717, 1.165) is 29.7 Å². The van der Waals surface area contributed by atoms with Crippen molar-refractivity contribution in [1.82, 2.24) is 4.98 Å². The third-order valence-electron chi connectivity index (χ3n) is 5.64. The fraction of sp³-hybridized carbons (Fsp3) is 0.250. The maximum atomic E-state index is 11.9. The van der Waals surface area contributed by atoms with Crippen LogP contribution in [0, 0.1) is 5.92 Å². The second kappa shape index (κ2) is 7.40. The predicted molar refractivity (Wildman–Crippen MR) is 117 cm³/mol. The van der Waals surface area contributed by atoms with Crippen LogP contribution in [-0.4, -0.2) is 11.2 Å². The summed E-state index contributed by atoms with van der Waals surface area (Å²) in [5.74, 6) is 0.259. The van der Waals surface area contributed by atoms with E-state index in [0.29, 0.717) is 5.03 Å². The van der Waals surface area contributed by atoms with Crippen molar-refractivity contribution in [3.63, 3.8) is 0 Å². The fourth-order valence-corrected chi connectivity index (χ4v) is 4.76. The highest BCUT2D eigenvalue weighted by atomic mass is 35.5. The molecule has 28 heavy (non-hydrogen) atoms. The summed E-state index contributed by atoms with van der Waals surface area (Å²) in [5.41, 5.74) is 5.10. The Kier molecular flexibility index (Phi) is 4.94. The van der Waals surface area contributed by atoms with Gasteiger partial charge in [-0.25, -0.2) is 0 Å². The van der Waals surface area contributed by atoms with Gasteiger partial charge in [0, 0.05) is 40.9 Å². The Bertz CT molecular complexity index is 1080. The lowest BCUT2D eigenvalue weighted by atomic mass is 9.63. The summed E-state index contributed by atoms with van der Waals surface area (Å²) < 4.78 is 0. The van der Waals surface area contributed by atoms with Crippen LogP contribution in [-0.2, 0) is 12.0 Å². The van der Waals surface area contributed by atoms with E-state index in [4.69, 9.17) is 16.6 Å². The van der Waals surface area contributed by atoms with Gasteiger partial charge in [0.1, 0.15) is 5.54 Å². The van der Waals surface area contributed by atoms with Crippen LogP contribution >= 0.6 is 11.6 Å². The highest BCUT2D eigenvalue weighted by Crippen LogP contribution is 2.51. The third-order valence-corrected chi connectivity index (χ3v) is 5.99. The van der Waals surface area contributed by atoms with Crippen molar-refractivity contribution in [1.29, 1.82) is 0 Å². The van der Waals surface area contributed by atoms with Gasteiger partial charge in [0.2, 0.25) is 5.56 Å². The van der Waals surface area contributed by atoms with Gasteiger partial charge >= 0.3 is 0 Å². The van der Waals surface area contributed by atoms with Gasteiger partial charge in [-0.3, -0.25) is 9.79 Å². The Morgan fingerprint density at radius 3 is 2.79 bits per heavy atom. The topological polar surface area (TPSA) is 45.2 Å². The number of aromatic amines is 1. The van der Waals surface area contributed by atoms with Crippen LogP contribution in [0.3, 0.4) is 0 Å². The molecule has 0 aliphatic heterocycles. The first-order valence-electron chi connectivity index (χ1n) is 9.56. The average Bonchev–Trinajstić information content (AvgIpc) is 2.67. The van der Waals surface area contributed by atoms with Crippen LogP contribution in [0.5, 0.6) is 0 Å². The molecule has 0 radical (unpaired) electrons. The van der Waals surface area contributed by atoms with Crippen LogP contribution in [0.25, 0.3) is 5.03 Å². The number of rotatable bonds is 3. The fourth-order valence-electron chi connectivity index (χ4n) is 4.58. The number of hydrogen-bond donors (Lipinski definition) is 1. The number of nitrogens with zero attached hydrogens (tertiary/aromatic N) is 1. The predicted octanol–water partition coefficient (Wildman–Crippen LogP) is 5.39. The number of nitrogens with one attached hydrogen (secondary N) is 1. The lowest BCUT2D eigenvalue weighted by Gasteiger charge is -2.45. The quantitative estimate of drug-likeness (QED) is 0.554. The molecule has 2 atom stereocenters.